The summed E-state index contributed by atoms with van der Waals surface area (Å²) in [4.78, 5) is 25.7. The summed E-state index contributed by atoms with van der Waals surface area (Å²) in [6.45, 7) is 2.67. The van der Waals surface area contributed by atoms with Crippen LogP contribution in [0.2, 0.25) is 0 Å². The number of piperazine rings is 1. The van der Waals surface area contributed by atoms with Crippen LogP contribution < -0.4 is 14.4 Å². The lowest BCUT2D eigenvalue weighted by molar-refractivity contribution is -0.133. The van der Waals surface area contributed by atoms with Gasteiger partial charge in [-0.3, -0.25) is 4.79 Å². The van der Waals surface area contributed by atoms with E-state index < -0.39 is 0 Å². The van der Waals surface area contributed by atoms with Crippen LogP contribution >= 0.6 is 11.5 Å². The van der Waals surface area contributed by atoms with Crippen molar-refractivity contribution in [1.82, 2.24) is 19.2 Å². The summed E-state index contributed by atoms with van der Waals surface area (Å²) >= 11 is 1.40. The van der Waals surface area contributed by atoms with Crippen LogP contribution in [-0.4, -0.2) is 65.0 Å². The molecular formula is C24H23N5O3S. The highest BCUT2D eigenvalue weighted by Crippen LogP contribution is 2.35. The van der Waals surface area contributed by atoms with Gasteiger partial charge in [-0.05, 0) is 47.9 Å². The highest BCUT2D eigenvalue weighted by Gasteiger charge is 2.25. The van der Waals surface area contributed by atoms with Crippen LogP contribution in [0.3, 0.4) is 0 Å². The number of ether oxygens (including phenoxy) is 2. The maximum absolute atomic E-state index is 12.6. The molecule has 1 fully saturated rings. The van der Waals surface area contributed by atoms with Crippen molar-refractivity contribution in [1.29, 1.82) is 0 Å². The van der Waals surface area contributed by atoms with E-state index in [9.17, 15) is 4.79 Å². The van der Waals surface area contributed by atoms with Crippen LogP contribution in [-0.2, 0) is 4.79 Å². The van der Waals surface area contributed by atoms with Gasteiger partial charge in [-0.2, -0.15) is 4.37 Å². The summed E-state index contributed by atoms with van der Waals surface area (Å²) in [6, 6.07) is 17.2. The van der Waals surface area contributed by atoms with Crippen molar-refractivity contribution >= 4 is 33.5 Å². The lowest BCUT2D eigenvalue weighted by Gasteiger charge is -2.35. The molecule has 0 saturated carbocycles. The Morgan fingerprint density at radius 3 is 2.45 bits per heavy atom. The Labute approximate surface area is 195 Å². The van der Waals surface area contributed by atoms with Crippen molar-refractivity contribution in [2.75, 3.05) is 44.8 Å². The second-order valence-corrected chi connectivity index (χ2v) is 8.38. The molecule has 0 unspecified atom stereocenters. The van der Waals surface area contributed by atoms with Crippen molar-refractivity contribution in [3.8, 4) is 22.8 Å². The molecule has 0 bridgehead atoms. The smallest absolute Gasteiger partial charge is 0.260 e. The molecule has 2 aromatic heterocycles. The van der Waals surface area contributed by atoms with Crippen LogP contribution in [0.15, 0.2) is 60.9 Å². The summed E-state index contributed by atoms with van der Waals surface area (Å²) < 4.78 is 16.5. The number of fused-ring (bicyclic) bond motifs is 1. The number of carbonyl (C=O) groups excluding carboxylic acids is 1. The van der Waals surface area contributed by atoms with Gasteiger partial charge in [0, 0.05) is 31.7 Å². The highest BCUT2D eigenvalue weighted by molar-refractivity contribution is 7.14. The number of aromatic nitrogens is 3. The van der Waals surface area contributed by atoms with Crippen molar-refractivity contribution < 1.29 is 14.3 Å². The SMILES string of the molecule is COc1ccc(-c2nsc3c(N4CCN(C(=O)COc5ccccc5)CC4)ncnc23)cc1. The number of carbonyl (C=O) groups is 1. The maximum atomic E-state index is 12.6. The van der Waals surface area contributed by atoms with Gasteiger partial charge in [0.05, 0.1) is 7.11 Å². The topological polar surface area (TPSA) is 80.7 Å². The zero-order chi connectivity index (χ0) is 22.6. The van der Waals surface area contributed by atoms with Crippen molar-refractivity contribution in [2.24, 2.45) is 0 Å². The standard InChI is InChI=1S/C24H23N5O3S/c1-31-18-9-7-17(8-10-18)21-22-23(33-27-21)24(26-16-25-22)29-13-11-28(12-14-29)20(30)15-32-19-5-3-2-4-6-19/h2-10,16H,11-15H2,1H3. The third-order valence-corrected chi connectivity index (χ3v) is 6.47. The summed E-state index contributed by atoms with van der Waals surface area (Å²) in [5.41, 5.74) is 2.67. The summed E-state index contributed by atoms with van der Waals surface area (Å²) in [7, 11) is 1.65. The molecule has 0 N–H and O–H groups in total. The van der Waals surface area contributed by atoms with Crippen LogP contribution in [0.5, 0.6) is 11.5 Å². The minimum absolute atomic E-state index is 0.00841. The first-order valence-corrected chi connectivity index (χ1v) is 11.5. The van der Waals surface area contributed by atoms with Crippen molar-refractivity contribution in [2.45, 2.75) is 0 Å². The van der Waals surface area contributed by atoms with Crippen LogP contribution in [0.4, 0.5) is 5.82 Å². The van der Waals surface area contributed by atoms with E-state index in [1.165, 1.54) is 11.5 Å². The van der Waals surface area contributed by atoms with E-state index in [1.807, 2.05) is 59.5 Å². The first-order chi connectivity index (χ1) is 16.2. The number of amides is 1. The largest absolute Gasteiger partial charge is 0.497 e. The molecule has 33 heavy (non-hydrogen) atoms. The number of nitrogens with zero attached hydrogens (tertiary/aromatic N) is 5. The predicted octanol–water partition coefficient (Wildman–Crippen LogP) is 3.49. The van der Waals surface area contributed by atoms with E-state index in [0.717, 1.165) is 33.0 Å². The molecule has 5 rings (SSSR count). The number of anilines is 1. The summed E-state index contributed by atoms with van der Waals surface area (Å²) in [5.74, 6) is 2.36. The number of benzene rings is 2. The molecule has 1 aliphatic heterocycles. The Bertz CT molecular complexity index is 1240. The van der Waals surface area contributed by atoms with Gasteiger partial charge in [-0.1, -0.05) is 18.2 Å². The van der Waals surface area contributed by atoms with Crippen LogP contribution in [0.1, 0.15) is 0 Å². The second kappa shape index (κ2) is 9.41. The Morgan fingerprint density at radius 2 is 1.73 bits per heavy atom. The normalized spacial score (nSPS) is 13.8. The molecule has 2 aromatic carbocycles. The van der Waals surface area contributed by atoms with Gasteiger partial charge < -0.3 is 19.3 Å². The fraction of sp³-hybridized carbons (Fsp3) is 0.250. The van der Waals surface area contributed by atoms with Gasteiger partial charge in [0.15, 0.2) is 12.4 Å². The molecule has 168 valence electrons. The van der Waals surface area contributed by atoms with Gasteiger partial charge in [-0.15, -0.1) is 0 Å². The highest BCUT2D eigenvalue weighted by atomic mass is 32.1. The molecule has 8 nitrogen and oxygen atoms in total. The molecule has 1 saturated heterocycles. The number of methoxy groups -OCH3 is 1. The molecule has 0 atom stereocenters. The number of hydrogen-bond donors (Lipinski definition) is 0. The fourth-order valence-electron chi connectivity index (χ4n) is 3.84. The molecule has 3 heterocycles. The number of hydrogen-bond acceptors (Lipinski definition) is 8. The van der Waals surface area contributed by atoms with Gasteiger partial charge >= 0.3 is 0 Å². The quantitative estimate of drug-likeness (QED) is 0.435. The Morgan fingerprint density at radius 1 is 0.970 bits per heavy atom. The van der Waals surface area contributed by atoms with Gasteiger partial charge in [0.2, 0.25) is 0 Å². The van der Waals surface area contributed by atoms with Crippen LogP contribution in [0.25, 0.3) is 21.5 Å². The number of rotatable bonds is 6. The average molecular weight is 462 g/mol. The molecule has 0 aliphatic carbocycles. The van der Waals surface area contributed by atoms with E-state index in [4.69, 9.17) is 9.47 Å². The first kappa shape index (κ1) is 21.1. The molecule has 4 aromatic rings. The lowest BCUT2D eigenvalue weighted by atomic mass is 10.1. The van der Waals surface area contributed by atoms with E-state index in [2.05, 4.69) is 19.2 Å². The first-order valence-electron chi connectivity index (χ1n) is 10.7. The third kappa shape index (κ3) is 4.45. The third-order valence-electron chi connectivity index (χ3n) is 5.64. The fourth-order valence-corrected chi connectivity index (χ4v) is 4.71. The van der Waals surface area contributed by atoms with Gasteiger partial charge in [0.25, 0.3) is 5.91 Å². The van der Waals surface area contributed by atoms with Crippen molar-refractivity contribution in [3.63, 3.8) is 0 Å². The summed E-state index contributed by atoms with van der Waals surface area (Å²) in [6.07, 6.45) is 1.59. The second-order valence-electron chi connectivity index (χ2n) is 7.60. The van der Waals surface area contributed by atoms with Crippen LogP contribution in [0, 0.1) is 0 Å². The summed E-state index contributed by atoms with van der Waals surface area (Å²) in [5, 5.41) is 0. The molecule has 0 radical (unpaired) electrons. The lowest BCUT2D eigenvalue weighted by Crippen LogP contribution is -2.50. The van der Waals surface area contributed by atoms with Crippen molar-refractivity contribution in [3.05, 3.63) is 60.9 Å². The molecule has 9 heteroatoms. The van der Waals surface area contributed by atoms with E-state index in [0.29, 0.717) is 31.9 Å². The van der Waals surface area contributed by atoms with E-state index in [-0.39, 0.29) is 12.5 Å². The molecule has 1 aliphatic rings. The number of para-hydroxylation sites is 1. The monoisotopic (exact) mass is 461 g/mol. The zero-order valence-corrected chi connectivity index (χ0v) is 19.0. The Hall–Kier alpha value is -3.72. The minimum atomic E-state index is -0.00841. The minimum Gasteiger partial charge on any atom is -0.497 e. The van der Waals surface area contributed by atoms with E-state index in [1.54, 1.807) is 13.4 Å². The maximum Gasteiger partial charge on any atom is 0.260 e. The molecule has 1 amide bonds. The van der Waals surface area contributed by atoms with E-state index >= 15 is 0 Å². The molecular weight excluding hydrogens is 438 g/mol. The predicted molar refractivity (Wildman–Crippen MR) is 128 cm³/mol. The van der Waals surface area contributed by atoms with Gasteiger partial charge in [-0.25, -0.2) is 9.97 Å². The molecule has 0 spiro atoms. The zero-order valence-electron chi connectivity index (χ0n) is 18.2. The Balaban J connectivity index is 1.27. The Kier molecular flexibility index (Phi) is 6.03. The van der Waals surface area contributed by atoms with Gasteiger partial charge in [0.1, 0.15) is 33.7 Å². The average Bonchev–Trinajstić information content (AvgIpc) is 3.32.